The molecule has 5 nitrogen and oxygen atoms in total. The normalized spacial score (nSPS) is 21.0. The predicted octanol–water partition coefficient (Wildman–Crippen LogP) is 2.17. The summed E-state index contributed by atoms with van der Waals surface area (Å²) in [5, 5.41) is 0.768. The van der Waals surface area contributed by atoms with E-state index in [1.54, 1.807) is 11.0 Å². The second-order valence-corrected chi connectivity index (χ2v) is 6.47. The van der Waals surface area contributed by atoms with Crippen molar-refractivity contribution in [2.45, 2.75) is 32.5 Å². The average molecular weight is 300 g/mol. The van der Waals surface area contributed by atoms with Crippen molar-refractivity contribution < 1.29 is 9.53 Å². The van der Waals surface area contributed by atoms with Gasteiger partial charge in [-0.15, -0.1) is 0 Å². The first kappa shape index (κ1) is 14.8. The van der Waals surface area contributed by atoms with E-state index >= 15 is 0 Å². The molecule has 2 heterocycles. The number of morpholine rings is 1. The van der Waals surface area contributed by atoms with Crippen molar-refractivity contribution in [2.24, 2.45) is 0 Å². The maximum atomic E-state index is 12.9. The first-order valence-electron chi connectivity index (χ1n) is 7.45. The molecule has 1 aromatic heterocycles. The number of benzene rings is 1. The lowest BCUT2D eigenvalue weighted by Gasteiger charge is -2.41. The van der Waals surface area contributed by atoms with Gasteiger partial charge in [-0.05, 0) is 26.8 Å². The SMILES string of the molecule is C[C@H]1CN(C(=O)c2cc(=O)[nH]c3ccccc23)CC(C)(C)O1. The van der Waals surface area contributed by atoms with Crippen molar-refractivity contribution in [3.63, 3.8) is 0 Å². The molecule has 0 unspecified atom stereocenters. The number of H-pyrrole nitrogens is 1. The van der Waals surface area contributed by atoms with Crippen LogP contribution in [0.3, 0.4) is 0 Å². The van der Waals surface area contributed by atoms with Gasteiger partial charge in [0, 0.05) is 30.1 Å². The molecule has 1 saturated heterocycles. The van der Waals surface area contributed by atoms with Crippen molar-refractivity contribution >= 4 is 16.8 Å². The number of amides is 1. The molecule has 0 bridgehead atoms. The smallest absolute Gasteiger partial charge is 0.254 e. The molecule has 1 N–H and O–H groups in total. The van der Waals surface area contributed by atoms with Gasteiger partial charge in [0.1, 0.15) is 0 Å². The second kappa shape index (κ2) is 5.25. The number of pyridine rings is 1. The molecule has 2 aromatic rings. The van der Waals surface area contributed by atoms with Gasteiger partial charge in [0.25, 0.3) is 5.91 Å². The van der Waals surface area contributed by atoms with Crippen LogP contribution in [0, 0.1) is 0 Å². The van der Waals surface area contributed by atoms with Crippen LogP contribution in [-0.2, 0) is 4.74 Å². The van der Waals surface area contributed by atoms with Gasteiger partial charge in [-0.3, -0.25) is 9.59 Å². The Hall–Kier alpha value is -2.14. The Morgan fingerprint density at radius 3 is 2.82 bits per heavy atom. The van der Waals surface area contributed by atoms with Crippen molar-refractivity contribution in [1.82, 2.24) is 9.88 Å². The Bertz CT molecular complexity index is 779. The third-order valence-electron chi connectivity index (χ3n) is 3.84. The molecule has 116 valence electrons. The Morgan fingerprint density at radius 1 is 1.36 bits per heavy atom. The van der Waals surface area contributed by atoms with Crippen LogP contribution in [-0.4, -0.2) is 40.6 Å². The number of nitrogens with one attached hydrogen (secondary N) is 1. The number of rotatable bonds is 1. The number of fused-ring (bicyclic) bond motifs is 1. The zero-order valence-electron chi connectivity index (χ0n) is 13.1. The number of carbonyl (C=O) groups excluding carboxylic acids is 1. The molecule has 1 aliphatic rings. The fourth-order valence-electron chi connectivity index (χ4n) is 3.16. The number of carbonyl (C=O) groups is 1. The summed E-state index contributed by atoms with van der Waals surface area (Å²) >= 11 is 0. The molecule has 22 heavy (non-hydrogen) atoms. The highest BCUT2D eigenvalue weighted by molar-refractivity contribution is 6.06. The molecule has 0 radical (unpaired) electrons. The highest BCUT2D eigenvalue weighted by atomic mass is 16.5. The standard InChI is InChI=1S/C17H20N2O3/c1-11-9-19(10-17(2,3)22-11)16(21)13-8-15(20)18-14-7-5-4-6-12(13)14/h4-8,11H,9-10H2,1-3H3,(H,18,20)/t11-/m0/s1. The molecule has 5 heteroatoms. The molecule has 0 saturated carbocycles. The van der Waals surface area contributed by atoms with E-state index in [4.69, 9.17) is 4.74 Å². The summed E-state index contributed by atoms with van der Waals surface area (Å²) in [5.74, 6) is -0.120. The molecular weight excluding hydrogens is 280 g/mol. The molecule has 1 aliphatic heterocycles. The first-order valence-corrected chi connectivity index (χ1v) is 7.45. The molecule has 3 rings (SSSR count). The van der Waals surface area contributed by atoms with Gasteiger partial charge in [-0.2, -0.15) is 0 Å². The Kier molecular flexibility index (Phi) is 3.53. The van der Waals surface area contributed by atoms with Gasteiger partial charge < -0.3 is 14.6 Å². The van der Waals surface area contributed by atoms with Crippen LogP contribution in [0.4, 0.5) is 0 Å². The summed E-state index contributed by atoms with van der Waals surface area (Å²) < 4.78 is 5.84. The summed E-state index contributed by atoms with van der Waals surface area (Å²) in [6, 6.07) is 8.75. The monoisotopic (exact) mass is 300 g/mol. The minimum atomic E-state index is -0.385. The van der Waals surface area contributed by atoms with Gasteiger partial charge in [0.15, 0.2) is 0 Å². The van der Waals surface area contributed by atoms with Crippen molar-refractivity contribution in [1.29, 1.82) is 0 Å². The van der Waals surface area contributed by atoms with E-state index in [1.165, 1.54) is 6.07 Å². The first-order chi connectivity index (χ1) is 10.4. The number of aromatic amines is 1. The van der Waals surface area contributed by atoms with Crippen LogP contribution < -0.4 is 5.56 Å². The van der Waals surface area contributed by atoms with Crippen LogP contribution >= 0.6 is 0 Å². The lowest BCUT2D eigenvalue weighted by Crippen LogP contribution is -2.53. The second-order valence-electron chi connectivity index (χ2n) is 6.47. The Morgan fingerprint density at radius 2 is 2.09 bits per heavy atom. The third-order valence-corrected chi connectivity index (χ3v) is 3.84. The van der Waals surface area contributed by atoms with Gasteiger partial charge in [0.05, 0.1) is 17.3 Å². The number of para-hydroxylation sites is 1. The van der Waals surface area contributed by atoms with E-state index in [0.717, 1.165) is 5.39 Å². The predicted molar refractivity (Wildman–Crippen MR) is 85.1 cm³/mol. The average Bonchev–Trinajstić information content (AvgIpc) is 2.43. The minimum absolute atomic E-state index is 0.0269. The molecule has 1 aromatic carbocycles. The van der Waals surface area contributed by atoms with E-state index in [2.05, 4.69) is 4.98 Å². The van der Waals surface area contributed by atoms with Gasteiger partial charge in [0.2, 0.25) is 5.56 Å². The topological polar surface area (TPSA) is 62.4 Å². The van der Waals surface area contributed by atoms with Gasteiger partial charge in [-0.1, -0.05) is 18.2 Å². The number of aromatic nitrogens is 1. The number of hydrogen-bond acceptors (Lipinski definition) is 3. The van der Waals surface area contributed by atoms with Gasteiger partial charge in [-0.25, -0.2) is 0 Å². The largest absolute Gasteiger partial charge is 0.369 e. The summed E-state index contributed by atoms with van der Waals surface area (Å²) in [7, 11) is 0. The number of hydrogen-bond donors (Lipinski definition) is 1. The summed E-state index contributed by atoms with van der Waals surface area (Å²) in [6.45, 7) is 6.94. The van der Waals surface area contributed by atoms with Crippen molar-refractivity contribution in [2.75, 3.05) is 13.1 Å². The van der Waals surface area contributed by atoms with E-state index in [9.17, 15) is 9.59 Å². The lowest BCUT2D eigenvalue weighted by atomic mass is 10.0. The third kappa shape index (κ3) is 2.76. The zero-order valence-corrected chi connectivity index (χ0v) is 13.1. The van der Waals surface area contributed by atoms with Crippen LogP contribution in [0.15, 0.2) is 35.1 Å². The molecule has 0 aliphatic carbocycles. The van der Waals surface area contributed by atoms with E-state index in [1.807, 2.05) is 39.0 Å². The fourth-order valence-corrected chi connectivity index (χ4v) is 3.16. The van der Waals surface area contributed by atoms with E-state index < -0.39 is 0 Å². The van der Waals surface area contributed by atoms with Crippen LogP contribution in [0.2, 0.25) is 0 Å². The summed E-state index contributed by atoms with van der Waals surface area (Å²) in [4.78, 5) is 29.3. The molecule has 1 atom stereocenters. The fraction of sp³-hybridized carbons (Fsp3) is 0.412. The van der Waals surface area contributed by atoms with Crippen LogP contribution in [0.25, 0.3) is 10.9 Å². The Labute approximate surface area is 128 Å². The highest BCUT2D eigenvalue weighted by Gasteiger charge is 2.34. The van der Waals surface area contributed by atoms with Crippen molar-refractivity contribution in [3.8, 4) is 0 Å². The quantitative estimate of drug-likeness (QED) is 0.878. The Balaban J connectivity index is 2.04. The van der Waals surface area contributed by atoms with Crippen molar-refractivity contribution in [3.05, 3.63) is 46.2 Å². The molecule has 1 amide bonds. The van der Waals surface area contributed by atoms with E-state index in [-0.39, 0.29) is 23.2 Å². The van der Waals surface area contributed by atoms with E-state index in [0.29, 0.717) is 24.2 Å². The number of ether oxygens (including phenoxy) is 1. The summed E-state index contributed by atoms with van der Waals surface area (Å²) in [6.07, 6.45) is -0.0269. The molecular formula is C17H20N2O3. The zero-order chi connectivity index (χ0) is 15.9. The van der Waals surface area contributed by atoms with Crippen LogP contribution in [0.5, 0.6) is 0 Å². The molecule has 1 fully saturated rings. The summed E-state index contributed by atoms with van der Waals surface area (Å²) in [5.41, 5.74) is 0.482. The lowest BCUT2D eigenvalue weighted by molar-refractivity contribution is -0.118. The highest BCUT2D eigenvalue weighted by Crippen LogP contribution is 2.24. The van der Waals surface area contributed by atoms with Crippen LogP contribution in [0.1, 0.15) is 31.1 Å². The minimum Gasteiger partial charge on any atom is -0.369 e. The van der Waals surface area contributed by atoms with Gasteiger partial charge >= 0.3 is 0 Å². The molecule has 0 spiro atoms. The number of nitrogens with zero attached hydrogens (tertiary/aromatic N) is 1. The maximum Gasteiger partial charge on any atom is 0.254 e. The maximum absolute atomic E-state index is 12.9.